The Morgan fingerprint density at radius 3 is 2.77 bits per heavy atom. The summed E-state index contributed by atoms with van der Waals surface area (Å²) in [6, 6.07) is 2.16. The molecular weight excluding hydrogens is 207 g/mol. The molecule has 3 rings (SSSR count). The molecule has 13 heavy (non-hydrogen) atoms. The van der Waals surface area contributed by atoms with E-state index in [9.17, 15) is 0 Å². The second-order valence-corrected chi connectivity index (χ2v) is 3.56. The number of pyridine rings is 1. The number of anilines is 1. The number of hydrogen-bond donors (Lipinski definition) is 1. The van der Waals surface area contributed by atoms with Crippen molar-refractivity contribution in [3.05, 3.63) is 24.0 Å². The van der Waals surface area contributed by atoms with Crippen molar-refractivity contribution in [2.24, 2.45) is 0 Å². The van der Waals surface area contributed by atoms with Crippen LogP contribution in [0.15, 0.2) is 18.5 Å². The molecule has 1 aliphatic carbocycles. The van der Waals surface area contributed by atoms with E-state index < -0.39 is 0 Å². The molecule has 0 unspecified atom stereocenters. The van der Waals surface area contributed by atoms with Crippen LogP contribution >= 0.6 is 24.8 Å². The number of nitrogens with one attached hydrogen (secondary N) is 1. The van der Waals surface area contributed by atoms with Crippen molar-refractivity contribution in [3.8, 4) is 0 Å². The minimum atomic E-state index is 0. The predicted octanol–water partition coefficient (Wildman–Crippen LogP) is 2.38. The highest BCUT2D eigenvalue weighted by molar-refractivity contribution is 5.85. The maximum atomic E-state index is 4.09. The van der Waals surface area contributed by atoms with Crippen LogP contribution in [0.25, 0.3) is 0 Å². The van der Waals surface area contributed by atoms with E-state index in [1.165, 1.54) is 24.1 Å². The molecule has 72 valence electrons. The zero-order valence-corrected chi connectivity index (χ0v) is 8.75. The molecule has 1 N–H and O–H groups in total. The first-order chi connectivity index (χ1) is 5.41. The van der Waals surface area contributed by atoms with Gasteiger partial charge in [0.15, 0.2) is 0 Å². The highest BCUT2D eigenvalue weighted by atomic mass is 35.5. The minimum absolute atomic E-state index is 0. The molecule has 1 aromatic rings. The van der Waals surface area contributed by atoms with Gasteiger partial charge >= 0.3 is 0 Å². The van der Waals surface area contributed by atoms with Gasteiger partial charge in [0.05, 0.1) is 11.9 Å². The highest BCUT2D eigenvalue weighted by Crippen LogP contribution is 2.53. The van der Waals surface area contributed by atoms with E-state index in [1.807, 2.05) is 12.4 Å². The molecule has 0 saturated heterocycles. The van der Waals surface area contributed by atoms with Gasteiger partial charge in [-0.2, -0.15) is 0 Å². The second kappa shape index (κ2) is 3.35. The Hall–Kier alpha value is -0.470. The standard InChI is InChI=1S/C9H10N2.2ClH/c1-4-10-5-8-7(1)9(2-3-9)6-11-8;;/h1,4-5,11H,2-3,6H2;2*1H. The zero-order chi connectivity index (χ0) is 7.31. The third-order valence-corrected chi connectivity index (χ3v) is 2.86. The first kappa shape index (κ1) is 10.6. The second-order valence-electron chi connectivity index (χ2n) is 3.56. The average Bonchev–Trinajstić information content (AvgIpc) is 2.72. The SMILES string of the molecule is Cl.Cl.c1cc2c(cn1)NCC21CC1. The zero-order valence-electron chi connectivity index (χ0n) is 7.12. The summed E-state index contributed by atoms with van der Waals surface area (Å²) in [4.78, 5) is 4.09. The first-order valence-corrected chi connectivity index (χ1v) is 4.09. The molecule has 0 atom stereocenters. The Labute approximate surface area is 90.0 Å². The topological polar surface area (TPSA) is 24.9 Å². The fourth-order valence-corrected chi connectivity index (χ4v) is 1.95. The predicted molar refractivity (Wildman–Crippen MR) is 58.1 cm³/mol. The van der Waals surface area contributed by atoms with Gasteiger partial charge in [-0.25, -0.2) is 0 Å². The van der Waals surface area contributed by atoms with Crippen LogP contribution in [0.2, 0.25) is 0 Å². The summed E-state index contributed by atoms with van der Waals surface area (Å²) in [6.45, 7) is 1.13. The molecule has 2 aliphatic rings. The molecular formula is C9H12Cl2N2. The Morgan fingerprint density at radius 2 is 2.08 bits per heavy atom. The normalized spacial score (nSPS) is 19.4. The molecule has 2 heterocycles. The van der Waals surface area contributed by atoms with Crippen LogP contribution < -0.4 is 5.32 Å². The van der Waals surface area contributed by atoms with Gasteiger partial charge in [0.2, 0.25) is 0 Å². The lowest BCUT2D eigenvalue weighted by Gasteiger charge is -2.02. The van der Waals surface area contributed by atoms with E-state index >= 15 is 0 Å². The number of hydrogen-bond acceptors (Lipinski definition) is 2. The van der Waals surface area contributed by atoms with E-state index in [0.717, 1.165) is 6.54 Å². The molecule has 1 saturated carbocycles. The van der Waals surface area contributed by atoms with Crippen molar-refractivity contribution in [1.82, 2.24) is 4.98 Å². The van der Waals surface area contributed by atoms with Crippen LogP contribution in [0.5, 0.6) is 0 Å². The third kappa shape index (κ3) is 1.38. The van der Waals surface area contributed by atoms with Gasteiger partial charge in [-0.3, -0.25) is 4.98 Å². The van der Waals surface area contributed by atoms with Crippen LogP contribution in [0.4, 0.5) is 5.69 Å². The Morgan fingerprint density at radius 1 is 1.31 bits per heavy atom. The van der Waals surface area contributed by atoms with Gasteiger partial charge in [0.25, 0.3) is 0 Å². The van der Waals surface area contributed by atoms with Crippen molar-refractivity contribution in [2.45, 2.75) is 18.3 Å². The lowest BCUT2D eigenvalue weighted by molar-refractivity contribution is 0.777. The molecule has 0 radical (unpaired) electrons. The van der Waals surface area contributed by atoms with Crippen molar-refractivity contribution < 1.29 is 0 Å². The fraction of sp³-hybridized carbons (Fsp3) is 0.444. The summed E-state index contributed by atoms with van der Waals surface area (Å²) < 4.78 is 0. The summed E-state index contributed by atoms with van der Waals surface area (Å²) in [7, 11) is 0. The van der Waals surface area contributed by atoms with E-state index in [2.05, 4.69) is 16.4 Å². The van der Waals surface area contributed by atoms with Crippen LogP contribution in [-0.4, -0.2) is 11.5 Å². The molecule has 0 aromatic carbocycles. The van der Waals surface area contributed by atoms with E-state index in [0.29, 0.717) is 5.41 Å². The number of fused-ring (bicyclic) bond motifs is 2. The number of aromatic nitrogens is 1. The van der Waals surface area contributed by atoms with E-state index in [4.69, 9.17) is 0 Å². The Kier molecular flexibility index (Phi) is 2.74. The van der Waals surface area contributed by atoms with Gasteiger partial charge in [0.1, 0.15) is 0 Å². The molecule has 1 aromatic heterocycles. The molecule has 2 nitrogen and oxygen atoms in total. The number of rotatable bonds is 0. The summed E-state index contributed by atoms with van der Waals surface area (Å²) in [5, 5.41) is 3.39. The third-order valence-electron chi connectivity index (χ3n) is 2.86. The van der Waals surface area contributed by atoms with Crippen LogP contribution in [0.3, 0.4) is 0 Å². The minimum Gasteiger partial charge on any atom is -0.383 e. The van der Waals surface area contributed by atoms with Gasteiger partial charge in [0, 0.05) is 18.2 Å². The van der Waals surface area contributed by atoms with Gasteiger partial charge in [-0.1, -0.05) is 0 Å². The average molecular weight is 219 g/mol. The summed E-state index contributed by atoms with van der Waals surface area (Å²) in [5.74, 6) is 0. The van der Waals surface area contributed by atoms with Crippen LogP contribution in [0.1, 0.15) is 18.4 Å². The molecule has 1 fully saturated rings. The van der Waals surface area contributed by atoms with Crippen molar-refractivity contribution >= 4 is 30.5 Å². The number of halogens is 2. The van der Waals surface area contributed by atoms with Gasteiger partial charge in [-0.15, -0.1) is 24.8 Å². The summed E-state index contributed by atoms with van der Waals surface area (Å²) in [6.07, 6.45) is 6.54. The van der Waals surface area contributed by atoms with Gasteiger partial charge < -0.3 is 5.32 Å². The largest absolute Gasteiger partial charge is 0.383 e. The van der Waals surface area contributed by atoms with Crippen LogP contribution in [-0.2, 0) is 5.41 Å². The lowest BCUT2D eigenvalue weighted by Crippen LogP contribution is -2.07. The maximum absolute atomic E-state index is 4.09. The molecule has 4 heteroatoms. The smallest absolute Gasteiger partial charge is 0.0565 e. The molecule has 1 aliphatic heterocycles. The van der Waals surface area contributed by atoms with Crippen LogP contribution in [0, 0.1) is 0 Å². The Balaban J connectivity index is 0.000000422. The highest BCUT2D eigenvalue weighted by Gasteiger charge is 2.48. The van der Waals surface area contributed by atoms with E-state index in [-0.39, 0.29) is 24.8 Å². The summed E-state index contributed by atoms with van der Waals surface area (Å²) in [5.41, 5.74) is 3.27. The molecule has 1 spiro atoms. The fourth-order valence-electron chi connectivity index (χ4n) is 1.95. The molecule has 0 amide bonds. The first-order valence-electron chi connectivity index (χ1n) is 4.09. The van der Waals surface area contributed by atoms with E-state index in [1.54, 1.807) is 0 Å². The number of nitrogens with zero attached hydrogens (tertiary/aromatic N) is 1. The Bertz CT molecular complexity index is 310. The molecule has 0 bridgehead atoms. The summed E-state index contributed by atoms with van der Waals surface area (Å²) >= 11 is 0. The monoisotopic (exact) mass is 218 g/mol. The van der Waals surface area contributed by atoms with Crippen molar-refractivity contribution in [1.29, 1.82) is 0 Å². The maximum Gasteiger partial charge on any atom is 0.0565 e. The lowest BCUT2D eigenvalue weighted by atomic mass is 10.0. The quantitative estimate of drug-likeness (QED) is 0.724. The van der Waals surface area contributed by atoms with Gasteiger partial charge in [-0.05, 0) is 24.5 Å². The van der Waals surface area contributed by atoms with Crippen molar-refractivity contribution in [3.63, 3.8) is 0 Å². The van der Waals surface area contributed by atoms with Crippen molar-refractivity contribution in [2.75, 3.05) is 11.9 Å².